The Kier molecular flexibility index (Phi) is 5.94. The molecule has 0 bridgehead atoms. The average molecular weight is 494 g/mol. The highest BCUT2D eigenvalue weighted by molar-refractivity contribution is 6.39. The Balaban J connectivity index is 1.15. The zero-order valence-corrected chi connectivity index (χ0v) is 20.2. The van der Waals surface area contributed by atoms with Crippen LogP contribution in [0.25, 0.3) is 22.2 Å². The summed E-state index contributed by atoms with van der Waals surface area (Å²) in [5.41, 5.74) is 4.67. The van der Waals surface area contributed by atoms with E-state index in [2.05, 4.69) is 39.3 Å². The van der Waals surface area contributed by atoms with Crippen LogP contribution in [0.1, 0.15) is 42.9 Å². The van der Waals surface area contributed by atoms with Gasteiger partial charge in [-0.05, 0) is 56.0 Å². The molecule has 0 spiro atoms. The highest BCUT2D eigenvalue weighted by Gasteiger charge is 2.34. The lowest BCUT2D eigenvalue weighted by Crippen LogP contribution is -2.37. The number of rotatable bonds is 6. The zero-order valence-electron chi connectivity index (χ0n) is 18.7. The highest BCUT2D eigenvalue weighted by Crippen LogP contribution is 2.46. The number of ether oxygens (including phenoxy) is 1. The summed E-state index contributed by atoms with van der Waals surface area (Å²) in [6, 6.07) is 16.1. The molecular weight excluding hydrogens is 469 g/mol. The number of benzene rings is 2. The third-order valence-corrected chi connectivity index (χ3v) is 7.46. The minimum absolute atomic E-state index is 0.186. The van der Waals surface area contributed by atoms with E-state index in [4.69, 9.17) is 32.5 Å². The van der Waals surface area contributed by atoms with Crippen LogP contribution in [0.4, 0.5) is 5.69 Å². The van der Waals surface area contributed by atoms with Gasteiger partial charge in [-0.15, -0.1) is 0 Å². The van der Waals surface area contributed by atoms with Crippen LogP contribution in [0.3, 0.4) is 0 Å². The maximum Gasteiger partial charge on any atom is 0.145 e. The number of nitrogens with zero attached hydrogens (tertiary/aromatic N) is 3. The molecule has 1 saturated carbocycles. The molecule has 1 saturated heterocycles. The number of fused-ring (bicyclic) bond motifs is 1. The van der Waals surface area contributed by atoms with Crippen LogP contribution < -0.4 is 4.90 Å². The molecule has 0 atom stereocenters. The van der Waals surface area contributed by atoms with Gasteiger partial charge in [-0.1, -0.05) is 46.6 Å². The van der Waals surface area contributed by atoms with E-state index in [1.165, 1.54) is 11.1 Å². The average Bonchev–Trinajstić information content (AvgIpc) is 3.63. The lowest BCUT2D eigenvalue weighted by Gasteiger charge is -2.33. The lowest BCUT2D eigenvalue weighted by atomic mass is 10.0. The molecule has 0 amide bonds. The fourth-order valence-electron chi connectivity index (χ4n) is 4.78. The number of hydrogen-bond acceptors (Lipinski definition) is 5. The standard InChI is InChI=1S/C27H25Cl2N3O2/c28-22-4-1-5-23(29)25(22)26-21(27(34-31-26)18-6-7-18)16-33-20-10-13-32(14-11-20)19-9-8-17-3-2-12-30-24(17)15-19/h1-5,8-9,12,15,18,20H,6-7,10-11,13-14,16H2. The SMILES string of the molecule is Clc1cccc(Cl)c1-c1noc(C2CC2)c1COC1CCN(c2ccc3cccnc3c2)CC1. The maximum absolute atomic E-state index is 6.48. The van der Waals surface area contributed by atoms with Gasteiger partial charge in [0.25, 0.3) is 0 Å². The van der Waals surface area contributed by atoms with Gasteiger partial charge in [-0.25, -0.2) is 0 Å². The summed E-state index contributed by atoms with van der Waals surface area (Å²) in [6.45, 7) is 2.35. The first-order valence-electron chi connectivity index (χ1n) is 11.8. The molecule has 5 nitrogen and oxygen atoms in total. The summed E-state index contributed by atoms with van der Waals surface area (Å²) < 4.78 is 12.2. The Morgan fingerprint density at radius 2 is 1.76 bits per heavy atom. The number of anilines is 1. The van der Waals surface area contributed by atoms with Gasteiger partial charge in [-0.2, -0.15) is 0 Å². The van der Waals surface area contributed by atoms with Crippen LogP contribution in [-0.4, -0.2) is 29.3 Å². The largest absolute Gasteiger partial charge is 0.373 e. The molecular formula is C27H25Cl2N3O2. The van der Waals surface area contributed by atoms with Gasteiger partial charge < -0.3 is 14.2 Å². The van der Waals surface area contributed by atoms with Gasteiger partial charge in [-0.3, -0.25) is 4.98 Å². The molecule has 2 fully saturated rings. The van der Waals surface area contributed by atoms with Crippen molar-refractivity contribution in [1.29, 1.82) is 0 Å². The molecule has 2 aromatic heterocycles. The van der Waals surface area contributed by atoms with E-state index in [0.29, 0.717) is 28.3 Å². The molecule has 6 rings (SSSR count). The number of halogens is 2. The van der Waals surface area contributed by atoms with E-state index < -0.39 is 0 Å². The summed E-state index contributed by atoms with van der Waals surface area (Å²) in [6.07, 6.45) is 6.20. The summed E-state index contributed by atoms with van der Waals surface area (Å²) in [5, 5.41) is 6.68. The summed E-state index contributed by atoms with van der Waals surface area (Å²) in [7, 11) is 0. The molecule has 1 aliphatic heterocycles. The van der Waals surface area contributed by atoms with Crippen molar-refractivity contribution in [3.05, 3.63) is 76.1 Å². The van der Waals surface area contributed by atoms with Crippen LogP contribution >= 0.6 is 23.2 Å². The summed E-state index contributed by atoms with van der Waals surface area (Å²) in [5.74, 6) is 1.34. The van der Waals surface area contributed by atoms with Gasteiger partial charge in [0.1, 0.15) is 11.5 Å². The minimum atomic E-state index is 0.186. The van der Waals surface area contributed by atoms with Gasteiger partial charge in [0.2, 0.25) is 0 Å². The van der Waals surface area contributed by atoms with Crippen molar-refractivity contribution in [3.8, 4) is 11.3 Å². The minimum Gasteiger partial charge on any atom is -0.373 e. The second-order valence-electron chi connectivity index (χ2n) is 9.12. The van der Waals surface area contributed by atoms with Crippen molar-refractivity contribution in [3.63, 3.8) is 0 Å². The van der Waals surface area contributed by atoms with Gasteiger partial charge in [0, 0.05) is 47.4 Å². The first-order chi connectivity index (χ1) is 16.7. The molecule has 0 N–H and O–H groups in total. The topological polar surface area (TPSA) is 51.4 Å². The van der Waals surface area contributed by atoms with Crippen molar-refractivity contribution in [2.75, 3.05) is 18.0 Å². The Morgan fingerprint density at radius 3 is 2.53 bits per heavy atom. The third kappa shape index (κ3) is 4.28. The maximum atomic E-state index is 6.48. The van der Waals surface area contributed by atoms with Crippen molar-refractivity contribution in [2.24, 2.45) is 0 Å². The number of piperidine rings is 1. The summed E-state index contributed by atoms with van der Waals surface area (Å²) >= 11 is 13.0. The Hall–Kier alpha value is -2.60. The molecule has 0 unspecified atom stereocenters. The molecule has 2 aliphatic rings. The molecule has 1 aliphatic carbocycles. The molecule has 2 aromatic carbocycles. The van der Waals surface area contributed by atoms with E-state index in [1.807, 2.05) is 30.5 Å². The van der Waals surface area contributed by atoms with E-state index in [1.54, 1.807) is 0 Å². The summed E-state index contributed by atoms with van der Waals surface area (Å²) in [4.78, 5) is 6.91. The van der Waals surface area contributed by atoms with Gasteiger partial charge in [0.05, 0.1) is 28.3 Å². The van der Waals surface area contributed by atoms with E-state index in [-0.39, 0.29) is 6.10 Å². The second kappa shape index (κ2) is 9.21. The van der Waals surface area contributed by atoms with Crippen LogP contribution in [0.15, 0.2) is 59.3 Å². The first kappa shape index (κ1) is 21.9. The van der Waals surface area contributed by atoms with Crippen molar-refractivity contribution in [2.45, 2.75) is 44.3 Å². The third-order valence-electron chi connectivity index (χ3n) is 6.83. The Morgan fingerprint density at radius 1 is 0.971 bits per heavy atom. The normalized spacial score (nSPS) is 16.9. The molecule has 0 radical (unpaired) electrons. The van der Waals surface area contributed by atoms with E-state index in [9.17, 15) is 0 Å². The predicted molar refractivity (Wildman–Crippen MR) is 136 cm³/mol. The first-order valence-corrected chi connectivity index (χ1v) is 12.6. The monoisotopic (exact) mass is 493 g/mol. The number of pyridine rings is 1. The highest BCUT2D eigenvalue weighted by atomic mass is 35.5. The fourth-order valence-corrected chi connectivity index (χ4v) is 5.36. The smallest absolute Gasteiger partial charge is 0.145 e. The lowest BCUT2D eigenvalue weighted by molar-refractivity contribution is 0.0246. The zero-order chi connectivity index (χ0) is 23.1. The number of aromatic nitrogens is 2. The van der Waals surface area contributed by atoms with Gasteiger partial charge in [0.15, 0.2) is 0 Å². The molecule has 3 heterocycles. The molecule has 4 aromatic rings. The van der Waals surface area contributed by atoms with Crippen LogP contribution in [0, 0.1) is 0 Å². The van der Waals surface area contributed by atoms with Crippen molar-refractivity contribution >= 4 is 39.8 Å². The van der Waals surface area contributed by atoms with Gasteiger partial charge >= 0.3 is 0 Å². The van der Waals surface area contributed by atoms with E-state index in [0.717, 1.165) is 61.2 Å². The molecule has 174 valence electrons. The fraction of sp³-hybridized carbons (Fsp3) is 0.333. The van der Waals surface area contributed by atoms with Crippen LogP contribution in [0.5, 0.6) is 0 Å². The predicted octanol–water partition coefficient (Wildman–Crippen LogP) is 7.26. The quantitative estimate of drug-likeness (QED) is 0.282. The van der Waals surface area contributed by atoms with Crippen molar-refractivity contribution in [1.82, 2.24) is 10.1 Å². The molecule has 7 heteroatoms. The number of hydrogen-bond donors (Lipinski definition) is 0. The Labute approximate surface area is 208 Å². The van der Waals surface area contributed by atoms with E-state index >= 15 is 0 Å². The molecule has 34 heavy (non-hydrogen) atoms. The Bertz CT molecular complexity index is 1310. The van der Waals surface area contributed by atoms with Crippen molar-refractivity contribution < 1.29 is 9.26 Å². The van der Waals surface area contributed by atoms with Crippen LogP contribution in [-0.2, 0) is 11.3 Å². The van der Waals surface area contributed by atoms with Crippen LogP contribution in [0.2, 0.25) is 10.0 Å². The second-order valence-corrected chi connectivity index (χ2v) is 9.94.